The van der Waals surface area contributed by atoms with Crippen molar-refractivity contribution in [2.24, 2.45) is 0 Å². The molecule has 0 bridgehead atoms. The van der Waals surface area contributed by atoms with Crippen molar-refractivity contribution < 1.29 is 28.3 Å². The van der Waals surface area contributed by atoms with Crippen LogP contribution in [0.25, 0.3) is 0 Å². The van der Waals surface area contributed by atoms with Crippen LogP contribution < -0.4 is 19.5 Å². The fraction of sp³-hybridized carbons (Fsp3) is 0.360. The molecule has 1 aliphatic rings. The fourth-order valence-corrected chi connectivity index (χ4v) is 3.87. The van der Waals surface area contributed by atoms with E-state index in [-0.39, 0.29) is 18.4 Å². The maximum Gasteiger partial charge on any atom is 0.256 e. The van der Waals surface area contributed by atoms with Gasteiger partial charge in [0.05, 0.1) is 25.5 Å². The predicted molar refractivity (Wildman–Crippen MR) is 127 cm³/mol. The molecule has 0 aliphatic carbocycles. The number of nitrogens with one attached hydrogen (secondary N) is 1. The van der Waals surface area contributed by atoms with Crippen molar-refractivity contribution in [1.29, 1.82) is 0 Å². The van der Waals surface area contributed by atoms with Gasteiger partial charge in [0, 0.05) is 31.6 Å². The topological polar surface area (TPSA) is 116 Å². The average Bonchev–Trinajstić information content (AvgIpc) is 3.32. The van der Waals surface area contributed by atoms with Gasteiger partial charge >= 0.3 is 0 Å². The van der Waals surface area contributed by atoms with Crippen molar-refractivity contribution >= 4 is 17.5 Å². The second-order valence-electron chi connectivity index (χ2n) is 8.10. The van der Waals surface area contributed by atoms with Crippen LogP contribution in [-0.4, -0.2) is 54.2 Å². The third kappa shape index (κ3) is 5.71. The predicted octanol–water partition coefficient (Wildman–Crippen LogP) is 3.85. The van der Waals surface area contributed by atoms with E-state index in [0.717, 1.165) is 19.3 Å². The summed E-state index contributed by atoms with van der Waals surface area (Å²) >= 11 is 0. The first-order valence-corrected chi connectivity index (χ1v) is 11.4. The van der Waals surface area contributed by atoms with Gasteiger partial charge in [0.25, 0.3) is 11.8 Å². The van der Waals surface area contributed by atoms with E-state index in [0.29, 0.717) is 58.9 Å². The number of hydrogen-bond acceptors (Lipinski definition) is 8. The summed E-state index contributed by atoms with van der Waals surface area (Å²) in [7, 11) is 3.01. The summed E-state index contributed by atoms with van der Waals surface area (Å²) in [5.74, 6) is 1.76. The maximum absolute atomic E-state index is 13.3. The third-order valence-electron chi connectivity index (χ3n) is 5.70. The largest absolute Gasteiger partial charge is 0.493 e. The van der Waals surface area contributed by atoms with Crippen LogP contribution in [0.15, 0.2) is 40.9 Å². The minimum atomic E-state index is -0.370. The number of nitrogens with zero attached hydrogens (tertiary/aromatic N) is 3. The van der Waals surface area contributed by atoms with Crippen LogP contribution in [0.1, 0.15) is 51.7 Å². The zero-order valence-corrected chi connectivity index (χ0v) is 20.0. The summed E-state index contributed by atoms with van der Waals surface area (Å²) in [6, 6.07) is 9.85. The van der Waals surface area contributed by atoms with E-state index in [4.69, 9.17) is 18.7 Å². The van der Waals surface area contributed by atoms with Gasteiger partial charge in [-0.3, -0.25) is 9.59 Å². The van der Waals surface area contributed by atoms with Crippen molar-refractivity contribution in [3.8, 4) is 17.2 Å². The smallest absolute Gasteiger partial charge is 0.256 e. The molecule has 0 unspecified atom stereocenters. The summed E-state index contributed by atoms with van der Waals surface area (Å²) in [5, 5.41) is 6.64. The first kappa shape index (κ1) is 24.1. The zero-order chi connectivity index (χ0) is 24.8. The van der Waals surface area contributed by atoms with Crippen molar-refractivity contribution in [3.63, 3.8) is 0 Å². The molecule has 1 N–H and O–H groups in total. The highest BCUT2D eigenvalue weighted by Crippen LogP contribution is 2.34. The summed E-state index contributed by atoms with van der Waals surface area (Å²) in [5.41, 5.74) is 1.11. The second-order valence-corrected chi connectivity index (χ2v) is 8.10. The summed E-state index contributed by atoms with van der Waals surface area (Å²) in [6.07, 6.45) is 3.02. The summed E-state index contributed by atoms with van der Waals surface area (Å²) < 4.78 is 21.3. The van der Waals surface area contributed by atoms with Crippen LogP contribution in [0.4, 0.5) is 5.69 Å². The molecule has 4 rings (SSSR count). The first-order valence-electron chi connectivity index (χ1n) is 11.4. The lowest BCUT2D eigenvalue weighted by Gasteiger charge is -2.28. The number of anilines is 1. The summed E-state index contributed by atoms with van der Waals surface area (Å²) in [6.45, 7) is 3.22. The monoisotopic (exact) mass is 480 g/mol. The van der Waals surface area contributed by atoms with E-state index >= 15 is 0 Å². The van der Waals surface area contributed by atoms with Gasteiger partial charge in [-0.05, 0) is 49.6 Å². The number of ether oxygens (including phenoxy) is 3. The molecule has 0 saturated carbocycles. The molecule has 3 aromatic rings. The number of benzene rings is 2. The Labute approximate surface area is 203 Å². The third-order valence-corrected chi connectivity index (χ3v) is 5.70. The average molecular weight is 481 g/mol. The number of aromatic nitrogens is 2. The Morgan fingerprint density at radius 3 is 2.34 bits per heavy atom. The SMILES string of the molecule is COc1cc(NC(=O)c2ccc(OCc3noc(C)n3)cc2)c(C(=O)N2CCCCC2)cc1OC. The van der Waals surface area contributed by atoms with Crippen molar-refractivity contribution in [2.45, 2.75) is 32.8 Å². The molecule has 184 valence electrons. The number of methoxy groups -OCH3 is 2. The van der Waals surface area contributed by atoms with Crippen LogP contribution in [0, 0.1) is 6.92 Å². The molecule has 35 heavy (non-hydrogen) atoms. The van der Waals surface area contributed by atoms with E-state index in [9.17, 15) is 9.59 Å². The van der Waals surface area contributed by atoms with Gasteiger partial charge < -0.3 is 29.0 Å². The van der Waals surface area contributed by atoms with Gasteiger partial charge in [-0.1, -0.05) is 5.16 Å². The molecule has 1 aliphatic heterocycles. The van der Waals surface area contributed by atoms with E-state index < -0.39 is 0 Å². The van der Waals surface area contributed by atoms with Gasteiger partial charge in [-0.2, -0.15) is 4.98 Å². The molecule has 10 nitrogen and oxygen atoms in total. The normalized spacial score (nSPS) is 13.3. The van der Waals surface area contributed by atoms with Crippen LogP contribution in [0.3, 0.4) is 0 Å². The molecule has 0 radical (unpaired) electrons. The quantitative estimate of drug-likeness (QED) is 0.517. The van der Waals surface area contributed by atoms with E-state index in [1.54, 1.807) is 48.2 Å². The molecule has 1 saturated heterocycles. The Morgan fingerprint density at radius 1 is 1.03 bits per heavy atom. The Morgan fingerprint density at radius 2 is 1.71 bits per heavy atom. The highest BCUT2D eigenvalue weighted by Gasteiger charge is 2.24. The second kappa shape index (κ2) is 10.9. The lowest BCUT2D eigenvalue weighted by Crippen LogP contribution is -2.36. The molecule has 1 aromatic heterocycles. The Bertz CT molecular complexity index is 1190. The molecular weight excluding hydrogens is 452 g/mol. The molecule has 0 atom stereocenters. The van der Waals surface area contributed by atoms with Gasteiger partial charge in [0.2, 0.25) is 11.7 Å². The molecule has 2 aromatic carbocycles. The molecule has 1 fully saturated rings. The minimum absolute atomic E-state index is 0.149. The molecular formula is C25H28N4O6. The maximum atomic E-state index is 13.3. The minimum Gasteiger partial charge on any atom is -0.493 e. The lowest BCUT2D eigenvalue weighted by molar-refractivity contribution is 0.0725. The zero-order valence-electron chi connectivity index (χ0n) is 20.0. The van der Waals surface area contributed by atoms with Crippen LogP contribution in [0.2, 0.25) is 0 Å². The first-order chi connectivity index (χ1) is 17.0. The molecule has 10 heteroatoms. The van der Waals surface area contributed by atoms with E-state index in [2.05, 4.69) is 15.5 Å². The number of carbonyl (C=O) groups excluding carboxylic acids is 2. The Hall–Kier alpha value is -4.08. The molecule has 0 spiro atoms. The Kier molecular flexibility index (Phi) is 7.49. The molecule has 2 amide bonds. The number of carbonyl (C=O) groups is 2. The van der Waals surface area contributed by atoms with Gasteiger partial charge in [-0.25, -0.2) is 0 Å². The standard InChI is InChI=1S/C25H28N4O6/c1-16-26-23(28-35-16)15-34-18-9-7-17(8-10-18)24(30)27-20-14-22(33-3)21(32-2)13-19(20)25(31)29-11-5-4-6-12-29/h7-10,13-14H,4-6,11-12,15H2,1-3H3,(H,27,30). The number of piperidine rings is 1. The number of aryl methyl sites for hydroxylation is 1. The lowest BCUT2D eigenvalue weighted by atomic mass is 10.1. The molecule has 2 heterocycles. The van der Waals surface area contributed by atoms with Crippen LogP contribution in [0.5, 0.6) is 17.2 Å². The van der Waals surface area contributed by atoms with Crippen molar-refractivity contribution in [1.82, 2.24) is 15.0 Å². The van der Waals surface area contributed by atoms with E-state index in [1.165, 1.54) is 14.2 Å². The number of likely N-dealkylation sites (tertiary alicyclic amines) is 1. The van der Waals surface area contributed by atoms with E-state index in [1.807, 2.05) is 0 Å². The van der Waals surface area contributed by atoms with Gasteiger partial charge in [-0.15, -0.1) is 0 Å². The Balaban J connectivity index is 1.51. The van der Waals surface area contributed by atoms with Crippen molar-refractivity contribution in [2.75, 3.05) is 32.6 Å². The summed E-state index contributed by atoms with van der Waals surface area (Å²) in [4.78, 5) is 32.2. The van der Waals surface area contributed by atoms with Gasteiger partial charge in [0.15, 0.2) is 18.1 Å². The van der Waals surface area contributed by atoms with Crippen LogP contribution in [-0.2, 0) is 6.61 Å². The number of hydrogen-bond donors (Lipinski definition) is 1. The highest BCUT2D eigenvalue weighted by molar-refractivity contribution is 6.09. The number of rotatable bonds is 8. The number of amides is 2. The fourth-order valence-electron chi connectivity index (χ4n) is 3.87. The van der Waals surface area contributed by atoms with Gasteiger partial charge in [0.1, 0.15) is 5.75 Å². The highest BCUT2D eigenvalue weighted by atomic mass is 16.5. The van der Waals surface area contributed by atoms with Crippen LogP contribution >= 0.6 is 0 Å². The van der Waals surface area contributed by atoms with Crippen molar-refractivity contribution in [3.05, 3.63) is 59.2 Å².